The van der Waals surface area contributed by atoms with Gasteiger partial charge in [0.05, 0.1) is 27.8 Å². The summed E-state index contributed by atoms with van der Waals surface area (Å²) in [5.74, 6) is 0.883. The van der Waals surface area contributed by atoms with E-state index in [1.807, 2.05) is 71.8 Å². The van der Waals surface area contributed by atoms with Crippen molar-refractivity contribution in [3.8, 4) is 28.1 Å². The molecule has 0 unspecified atom stereocenters. The highest BCUT2D eigenvalue weighted by molar-refractivity contribution is 7.12. The van der Waals surface area contributed by atoms with Gasteiger partial charge < -0.3 is 14.0 Å². The molecule has 0 bridgehead atoms. The molecule has 1 aliphatic heterocycles. The summed E-state index contributed by atoms with van der Waals surface area (Å²) in [5, 5.41) is 13.5. The van der Waals surface area contributed by atoms with Crippen LogP contribution in [-0.2, 0) is 6.54 Å². The fourth-order valence-corrected chi connectivity index (χ4v) is 5.91. The molecule has 0 atom stereocenters. The second kappa shape index (κ2) is 11.5. The number of imidazole rings is 1. The molecule has 10 heteroatoms. The van der Waals surface area contributed by atoms with Crippen molar-refractivity contribution in [2.45, 2.75) is 13.5 Å². The number of benzene rings is 2. The Hall–Kier alpha value is -4.54. The highest BCUT2D eigenvalue weighted by Gasteiger charge is 2.25. The Bertz CT molecular complexity index is 1710. The van der Waals surface area contributed by atoms with Crippen LogP contribution >= 0.6 is 11.3 Å². The van der Waals surface area contributed by atoms with Gasteiger partial charge in [0.15, 0.2) is 0 Å². The number of hydrogen-bond acceptors (Lipinski definition) is 7. The number of hydrogen-bond donors (Lipinski definition) is 0. The van der Waals surface area contributed by atoms with Gasteiger partial charge >= 0.3 is 0 Å². The molecule has 1 fully saturated rings. The van der Waals surface area contributed by atoms with E-state index in [4.69, 9.17) is 9.72 Å². The van der Waals surface area contributed by atoms with Crippen molar-refractivity contribution in [2.24, 2.45) is 0 Å². The number of pyridine rings is 1. The Labute approximate surface area is 241 Å². The third-order valence-corrected chi connectivity index (χ3v) is 8.15. The predicted molar refractivity (Wildman–Crippen MR) is 159 cm³/mol. The lowest BCUT2D eigenvalue weighted by Gasteiger charge is -2.34. The van der Waals surface area contributed by atoms with E-state index >= 15 is 0 Å². The summed E-state index contributed by atoms with van der Waals surface area (Å²) in [6.07, 6.45) is 2.07. The van der Waals surface area contributed by atoms with Crippen LogP contribution in [0.1, 0.15) is 22.3 Å². The topological polar surface area (TPSA) is 93.2 Å². The maximum atomic E-state index is 12.9. The molecule has 1 aliphatic rings. The lowest BCUT2D eigenvalue weighted by Crippen LogP contribution is -2.48. The number of thiophene rings is 1. The van der Waals surface area contributed by atoms with E-state index in [-0.39, 0.29) is 16.5 Å². The molecule has 1 saturated heterocycles. The number of nitrogens with zero attached hydrogens (tertiary/aromatic N) is 5. The summed E-state index contributed by atoms with van der Waals surface area (Å²) in [7, 11) is 0. The number of piperazine rings is 1. The summed E-state index contributed by atoms with van der Waals surface area (Å²) >= 11 is 1.46. The van der Waals surface area contributed by atoms with E-state index in [2.05, 4.69) is 15.5 Å². The van der Waals surface area contributed by atoms with Crippen LogP contribution in [0.2, 0.25) is 0 Å². The first-order valence-electron chi connectivity index (χ1n) is 13.5. The molecule has 0 N–H and O–H groups in total. The normalized spacial score (nSPS) is 13.9. The van der Waals surface area contributed by atoms with E-state index in [1.54, 1.807) is 12.1 Å². The number of fused-ring (bicyclic) bond motifs is 1. The molecular weight excluding hydrogens is 538 g/mol. The third kappa shape index (κ3) is 5.57. The van der Waals surface area contributed by atoms with Crippen molar-refractivity contribution in [2.75, 3.05) is 32.8 Å². The van der Waals surface area contributed by atoms with Crippen LogP contribution in [-0.4, -0.2) is 62.8 Å². The third-order valence-electron chi connectivity index (χ3n) is 7.29. The number of non-ortho nitro benzene ring substituents is 1. The number of aromatic nitrogens is 2. The second-order valence-corrected chi connectivity index (χ2v) is 10.8. The minimum atomic E-state index is -0.383. The van der Waals surface area contributed by atoms with Crippen LogP contribution in [0.25, 0.3) is 28.0 Å². The summed E-state index contributed by atoms with van der Waals surface area (Å²) in [6, 6.07) is 22.4. The first-order valence-corrected chi connectivity index (χ1v) is 14.4. The van der Waals surface area contributed by atoms with Gasteiger partial charge in [-0.2, -0.15) is 0 Å². The summed E-state index contributed by atoms with van der Waals surface area (Å²) in [6.45, 7) is 5.84. The molecule has 5 aromatic rings. The first-order chi connectivity index (χ1) is 20.0. The molecule has 0 radical (unpaired) electrons. The SMILES string of the molecule is CCOc1cccc(-c2ccc3nc(-c4cccc([N+](=O)[O-])c4)c(CN4CCN(C(=O)c5cccs5)CC4)n3c2)c1. The molecule has 41 heavy (non-hydrogen) atoms. The average molecular weight is 568 g/mol. The Kier molecular flexibility index (Phi) is 7.49. The van der Waals surface area contributed by atoms with Crippen LogP contribution < -0.4 is 4.74 Å². The fraction of sp³-hybridized carbons (Fsp3) is 0.226. The van der Waals surface area contributed by atoms with Crippen molar-refractivity contribution in [3.63, 3.8) is 0 Å². The quantitative estimate of drug-likeness (QED) is 0.169. The zero-order valence-corrected chi connectivity index (χ0v) is 23.4. The highest BCUT2D eigenvalue weighted by Crippen LogP contribution is 2.31. The van der Waals surface area contributed by atoms with Gasteiger partial charge in [-0.15, -0.1) is 11.3 Å². The molecule has 0 aliphatic carbocycles. The molecule has 3 aromatic heterocycles. The number of rotatable bonds is 8. The van der Waals surface area contributed by atoms with Crippen LogP contribution in [0.15, 0.2) is 84.4 Å². The van der Waals surface area contributed by atoms with E-state index in [1.165, 1.54) is 17.4 Å². The standard InChI is InChI=1S/C31H29N5O4S/c1-2-40-26-9-4-6-22(19-26)24-11-12-29-32-30(23-7-3-8-25(18-23)36(38)39)27(35(29)20-24)21-33-13-15-34(16-14-33)31(37)28-10-5-17-41-28/h3-12,17-20H,2,13-16,21H2,1H3. The molecule has 2 aromatic carbocycles. The van der Waals surface area contributed by atoms with Gasteiger partial charge in [-0.05, 0) is 53.8 Å². The summed E-state index contributed by atoms with van der Waals surface area (Å²) in [4.78, 5) is 33.9. The number of carbonyl (C=O) groups is 1. The summed E-state index contributed by atoms with van der Waals surface area (Å²) in [5.41, 5.74) is 5.18. The smallest absolute Gasteiger partial charge is 0.270 e. The van der Waals surface area contributed by atoms with Crippen LogP contribution in [0.3, 0.4) is 0 Å². The zero-order valence-electron chi connectivity index (χ0n) is 22.6. The summed E-state index contributed by atoms with van der Waals surface area (Å²) < 4.78 is 7.80. The van der Waals surface area contributed by atoms with E-state index < -0.39 is 0 Å². The molecule has 9 nitrogen and oxygen atoms in total. The van der Waals surface area contributed by atoms with Crippen molar-refractivity contribution in [1.82, 2.24) is 19.2 Å². The fourth-order valence-electron chi connectivity index (χ4n) is 5.22. The largest absolute Gasteiger partial charge is 0.494 e. The van der Waals surface area contributed by atoms with Crippen LogP contribution in [0.4, 0.5) is 5.69 Å². The van der Waals surface area contributed by atoms with Crippen molar-refractivity contribution < 1.29 is 14.5 Å². The van der Waals surface area contributed by atoms with Gasteiger partial charge in [-0.25, -0.2) is 4.98 Å². The average Bonchev–Trinajstić information content (AvgIpc) is 3.66. The molecule has 208 valence electrons. The first kappa shape index (κ1) is 26.7. The predicted octanol–water partition coefficient (Wildman–Crippen LogP) is 5.99. The maximum Gasteiger partial charge on any atom is 0.270 e. The number of nitro benzene ring substituents is 1. The van der Waals surface area contributed by atoms with E-state index in [9.17, 15) is 14.9 Å². The van der Waals surface area contributed by atoms with E-state index in [0.717, 1.165) is 46.2 Å². The maximum absolute atomic E-state index is 12.9. The van der Waals surface area contributed by atoms with Gasteiger partial charge in [0, 0.05) is 56.6 Å². The zero-order chi connectivity index (χ0) is 28.3. The Balaban J connectivity index is 1.35. The second-order valence-electron chi connectivity index (χ2n) is 9.87. The number of carbonyl (C=O) groups excluding carboxylic acids is 1. The Morgan fingerprint density at radius 3 is 2.54 bits per heavy atom. The van der Waals surface area contributed by atoms with Gasteiger partial charge in [0.2, 0.25) is 0 Å². The Morgan fingerprint density at radius 1 is 0.976 bits per heavy atom. The van der Waals surface area contributed by atoms with Gasteiger partial charge in [-0.1, -0.05) is 30.3 Å². The Morgan fingerprint density at radius 2 is 1.78 bits per heavy atom. The number of amides is 1. The monoisotopic (exact) mass is 567 g/mol. The number of ether oxygens (including phenoxy) is 1. The number of nitro groups is 1. The van der Waals surface area contributed by atoms with Gasteiger partial charge in [0.25, 0.3) is 11.6 Å². The molecule has 0 spiro atoms. The minimum absolute atomic E-state index is 0.0274. The lowest BCUT2D eigenvalue weighted by atomic mass is 10.1. The van der Waals surface area contributed by atoms with E-state index in [0.29, 0.717) is 37.5 Å². The van der Waals surface area contributed by atoms with Gasteiger partial charge in [-0.3, -0.25) is 19.8 Å². The molecule has 0 saturated carbocycles. The van der Waals surface area contributed by atoms with Crippen LogP contribution in [0, 0.1) is 10.1 Å². The molecule has 1 amide bonds. The molecule has 6 rings (SSSR count). The molecular formula is C31H29N5O4S. The minimum Gasteiger partial charge on any atom is -0.494 e. The lowest BCUT2D eigenvalue weighted by molar-refractivity contribution is -0.384. The van der Waals surface area contributed by atoms with Gasteiger partial charge in [0.1, 0.15) is 11.4 Å². The van der Waals surface area contributed by atoms with Crippen molar-refractivity contribution in [1.29, 1.82) is 0 Å². The van der Waals surface area contributed by atoms with Crippen molar-refractivity contribution >= 4 is 28.6 Å². The van der Waals surface area contributed by atoms with Crippen LogP contribution in [0.5, 0.6) is 5.75 Å². The highest BCUT2D eigenvalue weighted by atomic mass is 32.1. The molecule has 4 heterocycles. The van der Waals surface area contributed by atoms with Crippen molar-refractivity contribution in [3.05, 3.63) is 105 Å².